The number of nitrogens with one attached hydrogen (secondary N) is 1. The molecule has 28 heavy (non-hydrogen) atoms. The van der Waals surface area contributed by atoms with Gasteiger partial charge in [-0.2, -0.15) is 5.10 Å². The van der Waals surface area contributed by atoms with Crippen molar-refractivity contribution in [3.05, 3.63) is 47.3 Å². The molecule has 6 nitrogen and oxygen atoms in total. The van der Waals surface area contributed by atoms with Crippen molar-refractivity contribution in [2.75, 3.05) is 18.8 Å². The lowest BCUT2D eigenvalue weighted by atomic mass is 9.92. The molecule has 4 rings (SSSR count). The van der Waals surface area contributed by atoms with Gasteiger partial charge in [0.15, 0.2) is 0 Å². The Bertz CT molecular complexity index is 925. The minimum absolute atomic E-state index is 0.107. The van der Waals surface area contributed by atoms with Crippen LogP contribution in [-0.2, 0) is 16.6 Å². The molecule has 7 heteroatoms. The number of para-hydroxylation sites is 1. The van der Waals surface area contributed by atoms with Gasteiger partial charge in [-0.1, -0.05) is 18.2 Å². The quantitative estimate of drug-likeness (QED) is 0.807. The molecule has 152 valence electrons. The maximum atomic E-state index is 12.1. The minimum Gasteiger partial charge on any atom is -0.298 e. The summed E-state index contributed by atoms with van der Waals surface area (Å²) >= 11 is 0. The first-order chi connectivity index (χ1) is 13.4. The largest absolute Gasteiger partial charge is 0.298 e. The van der Waals surface area contributed by atoms with E-state index >= 15 is 0 Å². The molecule has 2 heterocycles. The molecule has 2 fully saturated rings. The third-order valence-corrected chi connectivity index (χ3v) is 7.82. The van der Waals surface area contributed by atoms with Gasteiger partial charge in [-0.25, -0.2) is 17.8 Å². The van der Waals surface area contributed by atoms with Crippen molar-refractivity contribution in [1.29, 1.82) is 0 Å². The summed E-state index contributed by atoms with van der Waals surface area (Å²) in [4.78, 5) is 2.49. The molecule has 1 unspecified atom stereocenters. The number of rotatable bonds is 6. The predicted octanol–water partition coefficient (Wildman–Crippen LogP) is 2.64. The number of benzene rings is 1. The second-order valence-electron chi connectivity index (χ2n) is 8.24. The maximum absolute atomic E-state index is 12.1. The summed E-state index contributed by atoms with van der Waals surface area (Å²) in [5.74, 6) is 0.971. The van der Waals surface area contributed by atoms with E-state index in [0.29, 0.717) is 11.8 Å². The standard InChI is InChI=1S/C21H30N4O2S/c1-4-28(26,27)23-21-17-10-11-18(21)13-24(12-17)14-20-15(2)22-25(16(20)3)19-8-6-5-7-9-19/h5-9,17-18,21,23H,4,10-14H2,1-3H3/t17-,18+,21?. The molecule has 1 saturated heterocycles. The van der Waals surface area contributed by atoms with Crippen LogP contribution in [0.1, 0.15) is 36.7 Å². The summed E-state index contributed by atoms with van der Waals surface area (Å²) in [6, 6.07) is 10.3. The molecular formula is C21H30N4O2S. The fourth-order valence-electron chi connectivity index (χ4n) is 4.88. The number of fused-ring (bicyclic) bond motifs is 2. The van der Waals surface area contributed by atoms with E-state index in [1.54, 1.807) is 6.92 Å². The smallest absolute Gasteiger partial charge is 0.211 e. The van der Waals surface area contributed by atoms with Crippen LogP contribution in [0.25, 0.3) is 5.69 Å². The molecule has 2 bridgehead atoms. The second kappa shape index (κ2) is 7.61. The molecule has 1 saturated carbocycles. The lowest BCUT2D eigenvalue weighted by Gasteiger charge is -2.38. The molecule has 1 aliphatic heterocycles. The van der Waals surface area contributed by atoms with Crippen LogP contribution in [0.4, 0.5) is 0 Å². The van der Waals surface area contributed by atoms with Gasteiger partial charge < -0.3 is 0 Å². The van der Waals surface area contributed by atoms with Crippen molar-refractivity contribution in [3.8, 4) is 5.69 Å². The molecule has 1 aromatic carbocycles. The molecule has 0 radical (unpaired) electrons. The van der Waals surface area contributed by atoms with Crippen molar-refractivity contribution >= 4 is 10.0 Å². The molecule has 1 N–H and O–H groups in total. The number of hydrogen-bond acceptors (Lipinski definition) is 4. The van der Waals surface area contributed by atoms with Crippen LogP contribution >= 0.6 is 0 Å². The number of aromatic nitrogens is 2. The summed E-state index contributed by atoms with van der Waals surface area (Å²) in [6.45, 7) is 8.70. The number of aryl methyl sites for hydroxylation is 1. The third-order valence-electron chi connectivity index (χ3n) is 6.43. The number of sulfonamides is 1. The zero-order valence-corrected chi connectivity index (χ0v) is 17.7. The molecule has 1 aromatic heterocycles. The Morgan fingerprint density at radius 3 is 2.36 bits per heavy atom. The average Bonchev–Trinajstić information content (AvgIpc) is 3.08. The molecule has 0 amide bonds. The molecule has 2 aliphatic rings. The summed E-state index contributed by atoms with van der Waals surface area (Å²) in [6.07, 6.45) is 2.22. The monoisotopic (exact) mass is 402 g/mol. The average molecular weight is 403 g/mol. The van der Waals surface area contributed by atoms with Gasteiger partial charge in [0.05, 0.1) is 17.1 Å². The van der Waals surface area contributed by atoms with Crippen LogP contribution in [0.3, 0.4) is 0 Å². The van der Waals surface area contributed by atoms with Gasteiger partial charge in [-0.15, -0.1) is 0 Å². The Morgan fingerprint density at radius 1 is 1.11 bits per heavy atom. The Morgan fingerprint density at radius 2 is 1.75 bits per heavy atom. The highest BCUT2D eigenvalue weighted by atomic mass is 32.2. The highest BCUT2D eigenvalue weighted by Crippen LogP contribution is 2.38. The van der Waals surface area contributed by atoms with Crippen LogP contribution in [0.15, 0.2) is 30.3 Å². The van der Waals surface area contributed by atoms with Gasteiger partial charge in [-0.05, 0) is 57.6 Å². The first-order valence-electron chi connectivity index (χ1n) is 10.2. The number of likely N-dealkylation sites (tertiary alicyclic amines) is 1. The zero-order valence-electron chi connectivity index (χ0n) is 16.9. The van der Waals surface area contributed by atoms with E-state index in [2.05, 4.69) is 35.6 Å². The first kappa shape index (κ1) is 19.6. The van der Waals surface area contributed by atoms with Crippen LogP contribution in [0, 0.1) is 25.7 Å². The molecule has 0 spiro atoms. The van der Waals surface area contributed by atoms with Crippen molar-refractivity contribution < 1.29 is 8.42 Å². The lowest BCUT2D eigenvalue weighted by Crippen LogP contribution is -2.52. The zero-order chi connectivity index (χ0) is 19.9. The fraction of sp³-hybridized carbons (Fsp3) is 0.571. The highest BCUT2D eigenvalue weighted by Gasteiger charge is 2.43. The van der Waals surface area contributed by atoms with Gasteiger partial charge in [0.25, 0.3) is 0 Å². The third kappa shape index (κ3) is 3.75. The number of hydrogen-bond donors (Lipinski definition) is 1. The number of nitrogens with zero attached hydrogens (tertiary/aromatic N) is 3. The van der Waals surface area contributed by atoms with Crippen molar-refractivity contribution in [3.63, 3.8) is 0 Å². The minimum atomic E-state index is -3.14. The van der Waals surface area contributed by atoms with E-state index < -0.39 is 10.0 Å². The Kier molecular flexibility index (Phi) is 5.33. The summed E-state index contributed by atoms with van der Waals surface area (Å²) in [5, 5.41) is 4.77. The van der Waals surface area contributed by atoms with Gasteiger partial charge in [-0.3, -0.25) is 4.90 Å². The summed E-state index contributed by atoms with van der Waals surface area (Å²) in [7, 11) is -3.14. The lowest BCUT2D eigenvalue weighted by molar-refractivity contribution is 0.133. The van der Waals surface area contributed by atoms with E-state index in [1.165, 1.54) is 11.3 Å². The summed E-state index contributed by atoms with van der Waals surface area (Å²) in [5.41, 5.74) is 4.63. The van der Waals surface area contributed by atoms with E-state index in [-0.39, 0.29) is 11.8 Å². The van der Waals surface area contributed by atoms with E-state index in [9.17, 15) is 8.42 Å². The summed E-state index contributed by atoms with van der Waals surface area (Å²) < 4.78 is 29.1. The second-order valence-corrected chi connectivity index (χ2v) is 10.3. The Hall–Kier alpha value is -1.70. The topological polar surface area (TPSA) is 67.2 Å². The van der Waals surface area contributed by atoms with E-state index in [4.69, 9.17) is 5.10 Å². The first-order valence-corrected chi connectivity index (χ1v) is 11.9. The fourth-order valence-corrected chi connectivity index (χ4v) is 5.85. The van der Waals surface area contributed by atoms with Gasteiger partial charge >= 0.3 is 0 Å². The van der Waals surface area contributed by atoms with Crippen LogP contribution in [0.2, 0.25) is 0 Å². The molecule has 1 aliphatic carbocycles. The maximum Gasteiger partial charge on any atom is 0.211 e. The van der Waals surface area contributed by atoms with E-state index in [0.717, 1.165) is 43.9 Å². The number of piperidine rings is 1. The van der Waals surface area contributed by atoms with Crippen molar-refractivity contribution in [2.45, 2.75) is 46.2 Å². The van der Waals surface area contributed by atoms with Gasteiger partial charge in [0, 0.05) is 36.9 Å². The highest BCUT2D eigenvalue weighted by molar-refractivity contribution is 7.89. The van der Waals surface area contributed by atoms with Crippen LogP contribution < -0.4 is 4.72 Å². The van der Waals surface area contributed by atoms with Crippen molar-refractivity contribution in [2.24, 2.45) is 11.8 Å². The van der Waals surface area contributed by atoms with Crippen LogP contribution in [-0.4, -0.2) is 48.0 Å². The Balaban J connectivity index is 1.49. The molecule has 2 aromatic rings. The predicted molar refractivity (Wildman–Crippen MR) is 111 cm³/mol. The molecular weight excluding hydrogens is 372 g/mol. The van der Waals surface area contributed by atoms with E-state index in [1.807, 2.05) is 22.9 Å². The molecule has 3 atom stereocenters. The van der Waals surface area contributed by atoms with Crippen molar-refractivity contribution in [1.82, 2.24) is 19.4 Å². The van der Waals surface area contributed by atoms with Crippen LogP contribution in [0.5, 0.6) is 0 Å². The van der Waals surface area contributed by atoms with Gasteiger partial charge in [0.2, 0.25) is 10.0 Å². The SMILES string of the molecule is CCS(=O)(=O)NC1[C@@H]2CC[C@H]1CN(Cc1c(C)nn(-c3ccccc3)c1C)C2. The van der Waals surface area contributed by atoms with Gasteiger partial charge in [0.1, 0.15) is 0 Å². The Labute approximate surface area is 168 Å². The normalized spacial score (nSPS) is 25.3.